The molecule has 3 aromatic rings. The SMILES string of the molecule is COc1ccc(CNc2cc(-c3nc(C)no3)ccn2)c(OC2CCCC2)c1. The lowest BCUT2D eigenvalue weighted by atomic mass is 10.1. The molecule has 0 radical (unpaired) electrons. The molecule has 2 aromatic heterocycles. The second kappa shape index (κ2) is 8.29. The molecule has 0 unspecified atom stereocenters. The van der Waals surface area contributed by atoms with Crippen molar-refractivity contribution in [2.75, 3.05) is 12.4 Å². The number of nitrogens with one attached hydrogen (secondary N) is 1. The molecule has 0 aliphatic heterocycles. The van der Waals surface area contributed by atoms with Crippen LogP contribution in [-0.2, 0) is 6.54 Å². The van der Waals surface area contributed by atoms with Crippen molar-refractivity contribution in [3.8, 4) is 23.0 Å². The summed E-state index contributed by atoms with van der Waals surface area (Å²) in [6.07, 6.45) is 6.69. The molecule has 0 spiro atoms. The number of anilines is 1. The second-order valence-corrected chi connectivity index (χ2v) is 6.93. The van der Waals surface area contributed by atoms with Crippen molar-refractivity contribution in [2.24, 2.45) is 0 Å². The van der Waals surface area contributed by atoms with Gasteiger partial charge in [0.15, 0.2) is 5.82 Å². The number of hydrogen-bond acceptors (Lipinski definition) is 7. The maximum absolute atomic E-state index is 6.26. The number of aryl methyl sites for hydroxylation is 1. The number of pyridine rings is 1. The topological polar surface area (TPSA) is 82.3 Å². The summed E-state index contributed by atoms with van der Waals surface area (Å²) in [5, 5.41) is 7.20. The van der Waals surface area contributed by atoms with Gasteiger partial charge < -0.3 is 19.3 Å². The maximum Gasteiger partial charge on any atom is 0.258 e. The minimum atomic E-state index is 0.285. The average molecular weight is 380 g/mol. The molecule has 1 aliphatic carbocycles. The van der Waals surface area contributed by atoms with Gasteiger partial charge in [-0.1, -0.05) is 5.16 Å². The minimum Gasteiger partial charge on any atom is -0.497 e. The number of nitrogens with zero attached hydrogens (tertiary/aromatic N) is 3. The van der Waals surface area contributed by atoms with Gasteiger partial charge in [-0.3, -0.25) is 0 Å². The Kier molecular flexibility index (Phi) is 5.41. The summed E-state index contributed by atoms with van der Waals surface area (Å²) in [7, 11) is 1.67. The van der Waals surface area contributed by atoms with Crippen LogP contribution in [0.1, 0.15) is 37.1 Å². The van der Waals surface area contributed by atoms with Crippen molar-refractivity contribution in [1.82, 2.24) is 15.1 Å². The Balaban J connectivity index is 1.49. The molecule has 2 heterocycles. The third-order valence-electron chi connectivity index (χ3n) is 4.86. The Morgan fingerprint density at radius 2 is 2.04 bits per heavy atom. The number of rotatable bonds is 7. The van der Waals surface area contributed by atoms with Crippen LogP contribution in [0.3, 0.4) is 0 Å². The van der Waals surface area contributed by atoms with E-state index in [1.807, 2.05) is 30.3 Å². The first-order valence-electron chi connectivity index (χ1n) is 9.55. The van der Waals surface area contributed by atoms with E-state index >= 15 is 0 Å². The van der Waals surface area contributed by atoms with Crippen LogP contribution in [0.25, 0.3) is 11.5 Å². The van der Waals surface area contributed by atoms with Crippen molar-refractivity contribution in [2.45, 2.75) is 45.3 Å². The first-order chi connectivity index (χ1) is 13.7. The number of methoxy groups -OCH3 is 1. The van der Waals surface area contributed by atoms with Gasteiger partial charge in [-0.25, -0.2) is 4.98 Å². The highest BCUT2D eigenvalue weighted by atomic mass is 16.5. The van der Waals surface area contributed by atoms with Crippen molar-refractivity contribution in [1.29, 1.82) is 0 Å². The van der Waals surface area contributed by atoms with E-state index < -0.39 is 0 Å². The second-order valence-electron chi connectivity index (χ2n) is 6.93. The van der Waals surface area contributed by atoms with Crippen LogP contribution in [0.5, 0.6) is 11.5 Å². The summed E-state index contributed by atoms with van der Waals surface area (Å²) in [4.78, 5) is 8.65. The molecule has 7 nitrogen and oxygen atoms in total. The summed E-state index contributed by atoms with van der Waals surface area (Å²) in [5.74, 6) is 3.48. The summed E-state index contributed by atoms with van der Waals surface area (Å²) in [6.45, 7) is 2.38. The normalized spacial score (nSPS) is 14.2. The van der Waals surface area contributed by atoms with Crippen LogP contribution in [0.4, 0.5) is 5.82 Å². The Bertz CT molecular complexity index is 935. The highest BCUT2D eigenvalue weighted by Gasteiger charge is 2.18. The zero-order valence-corrected chi connectivity index (χ0v) is 16.1. The highest BCUT2D eigenvalue weighted by molar-refractivity contribution is 5.58. The third-order valence-corrected chi connectivity index (χ3v) is 4.86. The molecule has 0 atom stereocenters. The van der Waals surface area contributed by atoms with Crippen molar-refractivity contribution in [3.05, 3.63) is 47.9 Å². The predicted molar refractivity (Wildman–Crippen MR) is 105 cm³/mol. The van der Waals surface area contributed by atoms with Crippen LogP contribution >= 0.6 is 0 Å². The number of benzene rings is 1. The smallest absolute Gasteiger partial charge is 0.258 e. The van der Waals surface area contributed by atoms with E-state index in [2.05, 4.69) is 20.4 Å². The Morgan fingerprint density at radius 3 is 2.79 bits per heavy atom. The van der Waals surface area contributed by atoms with Gasteiger partial charge in [0.05, 0.1) is 13.2 Å². The molecule has 1 fully saturated rings. The Hall–Kier alpha value is -3.09. The molecule has 28 heavy (non-hydrogen) atoms. The molecule has 1 aromatic carbocycles. The number of hydrogen-bond donors (Lipinski definition) is 1. The van der Waals surface area contributed by atoms with E-state index in [0.717, 1.165) is 41.3 Å². The fourth-order valence-corrected chi connectivity index (χ4v) is 3.36. The van der Waals surface area contributed by atoms with E-state index in [4.69, 9.17) is 14.0 Å². The quantitative estimate of drug-likeness (QED) is 0.651. The van der Waals surface area contributed by atoms with Gasteiger partial charge in [0.2, 0.25) is 0 Å². The number of ether oxygens (including phenoxy) is 2. The van der Waals surface area contributed by atoms with Gasteiger partial charge in [0.1, 0.15) is 17.3 Å². The van der Waals surface area contributed by atoms with Gasteiger partial charge >= 0.3 is 0 Å². The average Bonchev–Trinajstić information content (AvgIpc) is 3.39. The molecule has 0 amide bonds. The van der Waals surface area contributed by atoms with E-state index in [1.165, 1.54) is 12.8 Å². The summed E-state index contributed by atoms with van der Waals surface area (Å²) in [6, 6.07) is 9.68. The molecule has 4 rings (SSSR count). The van der Waals surface area contributed by atoms with Gasteiger partial charge in [-0.15, -0.1) is 0 Å². The van der Waals surface area contributed by atoms with Crippen LogP contribution in [0.15, 0.2) is 41.1 Å². The largest absolute Gasteiger partial charge is 0.497 e. The van der Waals surface area contributed by atoms with E-state index in [0.29, 0.717) is 18.3 Å². The number of aromatic nitrogens is 3. The van der Waals surface area contributed by atoms with Crippen molar-refractivity contribution >= 4 is 5.82 Å². The molecule has 146 valence electrons. The molecular formula is C21H24N4O3. The Morgan fingerprint density at radius 1 is 1.18 bits per heavy atom. The van der Waals surface area contributed by atoms with E-state index in [-0.39, 0.29) is 6.10 Å². The van der Waals surface area contributed by atoms with Gasteiger partial charge in [0.25, 0.3) is 5.89 Å². The Labute approximate surface area is 164 Å². The lowest BCUT2D eigenvalue weighted by molar-refractivity contribution is 0.207. The fourth-order valence-electron chi connectivity index (χ4n) is 3.36. The standard InChI is InChI=1S/C21H24N4O3/c1-14-24-21(28-25-14)15-9-10-22-20(11-15)23-13-16-7-8-18(26-2)12-19(16)27-17-5-3-4-6-17/h7-12,17H,3-6,13H2,1-2H3,(H,22,23). The molecule has 7 heteroatoms. The summed E-state index contributed by atoms with van der Waals surface area (Å²) < 4.78 is 16.9. The van der Waals surface area contributed by atoms with Crippen LogP contribution in [-0.4, -0.2) is 28.3 Å². The molecule has 1 N–H and O–H groups in total. The molecule has 1 saturated carbocycles. The van der Waals surface area contributed by atoms with Gasteiger partial charge in [0, 0.05) is 29.9 Å². The fraction of sp³-hybridized carbons (Fsp3) is 0.381. The lowest BCUT2D eigenvalue weighted by Crippen LogP contribution is -2.13. The summed E-state index contributed by atoms with van der Waals surface area (Å²) >= 11 is 0. The minimum absolute atomic E-state index is 0.285. The zero-order chi connectivity index (χ0) is 19.3. The third kappa shape index (κ3) is 4.24. The zero-order valence-electron chi connectivity index (χ0n) is 16.1. The van der Waals surface area contributed by atoms with Crippen molar-refractivity contribution in [3.63, 3.8) is 0 Å². The van der Waals surface area contributed by atoms with E-state index in [1.54, 1.807) is 20.2 Å². The summed E-state index contributed by atoms with van der Waals surface area (Å²) in [5.41, 5.74) is 1.89. The molecule has 1 aliphatic rings. The highest BCUT2D eigenvalue weighted by Crippen LogP contribution is 2.30. The monoisotopic (exact) mass is 380 g/mol. The van der Waals surface area contributed by atoms with Gasteiger partial charge in [-0.05, 0) is 56.9 Å². The van der Waals surface area contributed by atoms with Crippen LogP contribution < -0.4 is 14.8 Å². The molecular weight excluding hydrogens is 356 g/mol. The predicted octanol–water partition coefficient (Wildman–Crippen LogP) is 4.38. The van der Waals surface area contributed by atoms with E-state index in [9.17, 15) is 0 Å². The molecule has 0 saturated heterocycles. The van der Waals surface area contributed by atoms with Crippen LogP contribution in [0.2, 0.25) is 0 Å². The lowest BCUT2D eigenvalue weighted by Gasteiger charge is -2.18. The van der Waals surface area contributed by atoms with Gasteiger partial charge in [-0.2, -0.15) is 4.98 Å². The van der Waals surface area contributed by atoms with Crippen LogP contribution in [0, 0.1) is 6.92 Å². The first-order valence-corrected chi connectivity index (χ1v) is 9.55. The molecule has 0 bridgehead atoms. The maximum atomic E-state index is 6.26. The van der Waals surface area contributed by atoms with Crippen molar-refractivity contribution < 1.29 is 14.0 Å². The first kappa shape index (κ1) is 18.3.